The summed E-state index contributed by atoms with van der Waals surface area (Å²) in [5, 5.41) is 6.02. The van der Waals surface area contributed by atoms with Gasteiger partial charge in [0.05, 0.1) is 33.6 Å². The number of nitrogens with one attached hydrogen (secondary N) is 2. The van der Waals surface area contributed by atoms with Crippen molar-refractivity contribution >= 4 is 11.6 Å². The molecule has 2 aromatic rings. The second-order valence-electron chi connectivity index (χ2n) is 5.87. The molecule has 0 atom stereocenters. The first-order valence-electron chi connectivity index (χ1n) is 8.43. The summed E-state index contributed by atoms with van der Waals surface area (Å²) in [7, 11) is 4.81. The smallest absolute Gasteiger partial charge is 0.238 e. The van der Waals surface area contributed by atoms with E-state index < -0.39 is 0 Å². The van der Waals surface area contributed by atoms with Gasteiger partial charge in [0.15, 0.2) is 11.5 Å². The average molecular weight is 358 g/mol. The maximum absolute atomic E-state index is 12.1. The van der Waals surface area contributed by atoms with Crippen molar-refractivity contribution in [2.45, 2.75) is 13.3 Å². The summed E-state index contributed by atoms with van der Waals surface area (Å²) < 4.78 is 15.8. The second-order valence-corrected chi connectivity index (χ2v) is 5.87. The van der Waals surface area contributed by atoms with Crippen LogP contribution >= 0.6 is 0 Å². The minimum absolute atomic E-state index is 0.110. The van der Waals surface area contributed by atoms with Gasteiger partial charge in [-0.05, 0) is 55.3 Å². The maximum Gasteiger partial charge on any atom is 0.238 e. The van der Waals surface area contributed by atoms with Crippen molar-refractivity contribution in [2.24, 2.45) is 0 Å². The van der Waals surface area contributed by atoms with Gasteiger partial charge < -0.3 is 24.8 Å². The number of anilines is 1. The van der Waals surface area contributed by atoms with E-state index in [9.17, 15) is 4.79 Å². The van der Waals surface area contributed by atoms with Crippen molar-refractivity contribution in [3.8, 4) is 17.2 Å². The van der Waals surface area contributed by atoms with Gasteiger partial charge in [-0.15, -0.1) is 0 Å². The van der Waals surface area contributed by atoms with Crippen LogP contribution in [0.3, 0.4) is 0 Å². The number of ether oxygens (including phenoxy) is 3. The molecule has 0 radical (unpaired) electrons. The van der Waals surface area contributed by atoms with Crippen LogP contribution in [-0.2, 0) is 11.2 Å². The molecule has 0 bridgehead atoms. The lowest BCUT2D eigenvalue weighted by Crippen LogP contribution is -2.29. The molecule has 0 aliphatic carbocycles. The zero-order valence-corrected chi connectivity index (χ0v) is 15.7. The average Bonchev–Trinajstić information content (AvgIpc) is 2.65. The lowest BCUT2D eigenvalue weighted by molar-refractivity contribution is -0.115. The van der Waals surface area contributed by atoms with Crippen LogP contribution in [0, 0.1) is 6.92 Å². The van der Waals surface area contributed by atoms with Gasteiger partial charge in [-0.3, -0.25) is 4.79 Å². The molecule has 6 nitrogen and oxygen atoms in total. The molecular formula is C20H26N2O4. The highest BCUT2D eigenvalue weighted by atomic mass is 16.5. The Balaban J connectivity index is 1.81. The first-order valence-corrected chi connectivity index (χ1v) is 8.43. The van der Waals surface area contributed by atoms with E-state index >= 15 is 0 Å². The van der Waals surface area contributed by atoms with E-state index in [2.05, 4.69) is 10.6 Å². The Morgan fingerprint density at radius 1 is 0.923 bits per heavy atom. The predicted molar refractivity (Wildman–Crippen MR) is 102 cm³/mol. The van der Waals surface area contributed by atoms with Crippen molar-refractivity contribution in [3.63, 3.8) is 0 Å². The van der Waals surface area contributed by atoms with E-state index in [1.807, 2.05) is 43.3 Å². The van der Waals surface area contributed by atoms with E-state index in [0.717, 1.165) is 17.5 Å². The topological polar surface area (TPSA) is 68.8 Å². The Morgan fingerprint density at radius 3 is 2.31 bits per heavy atom. The molecule has 2 N–H and O–H groups in total. The third kappa shape index (κ3) is 5.39. The van der Waals surface area contributed by atoms with Gasteiger partial charge in [-0.25, -0.2) is 0 Å². The van der Waals surface area contributed by atoms with E-state index in [1.165, 1.54) is 0 Å². The molecule has 0 fully saturated rings. The molecule has 0 aromatic heterocycles. The van der Waals surface area contributed by atoms with Crippen molar-refractivity contribution in [1.29, 1.82) is 0 Å². The third-order valence-corrected chi connectivity index (χ3v) is 3.95. The van der Waals surface area contributed by atoms with Crippen LogP contribution in [0.2, 0.25) is 0 Å². The largest absolute Gasteiger partial charge is 0.495 e. The summed E-state index contributed by atoms with van der Waals surface area (Å²) in [4.78, 5) is 12.1. The molecule has 0 heterocycles. The molecule has 2 rings (SSSR count). The molecule has 0 saturated heterocycles. The van der Waals surface area contributed by atoms with Gasteiger partial charge in [0.2, 0.25) is 5.91 Å². The minimum Gasteiger partial charge on any atom is -0.495 e. The Kier molecular flexibility index (Phi) is 7.29. The van der Waals surface area contributed by atoms with Crippen molar-refractivity contribution in [1.82, 2.24) is 5.32 Å². The van der Waals surface area contributed by atoms with E-state index in [0.29, 0.717) is 29.5 Å². The number of methoxy groups -OCH3 is 3. The zero-order chi connectivity index (χ0) is 18.9. The highest BCUT2D eigenvalue weighted by Crippen LogP contribution is 2.27. The standard InChI is InChI=1S/C20H26N2O4/c1-14-5-7-17(24-2)16(11-14)22-20(23)13-21-10-9-15-6-8-18(25-3)19(12-15)26-4/h5-8,11-12,21H,9-10,13H2,1-4H3,(H,22,23). The molecule has 1 amide bonds. The summed E-state index contributed by atoms with van der Waals surface area (Å²) in [5.41, 5.74) is 2.85. The van der Waals surface area contributed by atoms with Crippen LogP contribution in [0.1, 0.15) is 11.1 Å². The van der Waals surface area contributed by atoms with Crippen molar-refractivity contribution < 1.29 is 19.0 Å². The van der Waals surface area contributed by atoms with E-state index in [1.54, 1.807) is 21.3 Å². The summed E-state index contributed by atoms with van der Waals surface area (Å²) in [6.45, 7) is 2.87. The molecule has 26 heavy (non-hydrogen) atoms. The van der Waals surface area contributed by atoms with Crippen LogP contribution in [-0.4, -0.2) is 40.3 Å². The molecule has 2 aromatic carbocycles. The van der Waals surface area contributed by atoms with Crippen molar-refractivity contribution in [3.05, 3.63) is 47.5 Å². The molecule has 6 heteroatoms. The normalized spacial score (nSPS) is 10.3. The number of hydrogen-bond donors (Lipinski definition) is 2. The van der Waals surface area contributed by atoms with Crippen LogP contribution in [0.4, 0.5) is 5.69 Å². The second kappa shape index (κ2) is 9.68. The number of carbonyl (C=O) groups is 1. The Bertz CT molecular complexity index is 747. The first kappa shape index (κ1) is 19.6. The summed E-state index contributed by atoms with van der Waals surface area (Å²) in [6.07, 6.45) is 0.779. The predicted octanol–water partition coefficient (Wildman–Crippen LogP) is 2.79. The Labute approximate surface area is 154 Å². The highest BCUT2D eigenvalue weighted by Gasteiger charge is 2.08. The number of rotatable bonds is 9. The quantitative estimate of drug-likeness (QED) is 0.675. The van der Waals surface area contributed by atoms with Crippen LogP contribution < -0.4 is 24.8 Å². The van der Waals surface area contributed by atoms with Crippen LogP contribution in [0.25, 0.3) is 0 Å². The van der Waals surface area contributed by atoms with Gasteiger partial charge in [0, 0.05) is 0 Å². The van der Waals surface area contributed by atoms with Crippen LogP contribution in [0.5, 0.6) is 17.2 Å². The number of amides is 1. The molecule has 0 aliphatic heterocycles. The molecule has 0 aliphatic rings. The molecule has 140 valence electrons. The third-order valence-electron chi connectivity index (χ3n) is 3.95. The van der Waals surface area contributed by atoms with E-state index in [4.69, 9.17) is 14.2 Å². The highest BCUT2D eigenvalue weighted by molar-refractivity contribution is 5.93. The lowest BCUT2D eigenvalue weighted by atomic mass is 10.1. The SMILES string of the molecule is COc1ccc(C)cc1NC(=O)CNCCc1ccc(OC)c(OC)c1. The lowest BCUT2D eigenvalue weighted by Gasteiger charge is -2.12. The fourth-order valence-corrected chi connectivity index (χ4v) is 2.58. The Morgan fingerprint density at radius 2 is 1.62 bits per heavy atom. The molecule has 0 spiro atoms. The maximum atomic E-state index is 12.1. The number of benzene rings is 2. The molecule has 0 unspecified atom stereocenters. The number of aryl methyl sites for hydroxylation is 1. The fourth-order valence-electron chi connectivity index (χ4n) is 2.58. The Hall–Kier alpha value is -2.73. The van der Waals surface area contributed by atoms with Gasteiger partial charge in [0.1, 0.15) is 5.75 Å². The summed E-state index contributed by atoms with van der Waals surface area (Å²) >= 11 is 0. The van der Waals surface area contributed by atoms with Gasteiger partial charge in [-0.1, -0.05) is 12.1 Å². The number of hydrogen-bond acceptors (Lipinski definition) is 5. The summed E-state index contributed by atoms with van der Waals surface area (Å²) in [5.74, 6) is 1.94. The molecule has 0 saturated carbocycles. The minimum atomic E-state index is -0.110. The van der Waals surface area contributed by atoms with Gasteiger partial charge in [0.25, 0.3) is 0 Å². The zero-order valence-electron chi connectivity index (χ0n) is 15.7. The fraction of sp³-hybridized carbons (Fsp3) is 0.350. The van der Waals surface area contributed by atoms with Gasteiger partial charge in [-0.2, -0.15) is 0 Å². The van der Waals surface area contributed by atoms with Gasteiger partial charge >= 0.3 is 0 Å². The van der Waals surface area contributed by atoms with Crippen molar-refractivity contribution in [2.75, 3.05) is 39.7 Å². The summed E-state index contributed by atoms with van der Waals surface area (Å²) in [6, 6.07) is 11.5. The number of carbonyl (C=O) groups excluding carboxylic acids is 1. The van der Waals surface area contributed by atoms with E-state index in [-0.39, 0.29) is 12.5 Å². The first-order chi connectivity index (χ1) is 12.6. The van der Waals surface area contributed by atoms with Crippen LogP contribution in [0.15, 0.2) is 36.4 Å². The molecular weight excluding hydrogens is 332 g/mol. The monoisotopic (exact) mass is 358 g/mol.